The summed E-state index contributed by atoms with van der Waals surface area (Å²) >= 11 is 6.33. The first-order valence-corrected chi connectivity index (χ1v) is 12.4. The zero-order chi connectivity index (χ0) is 21.7. The standard InChI is InChI=1S/C27H37ClN2O/c1-22(23-9-4-2-5-10-23)20-29-15-17-30(18-16-29)21-26(24-11-8-12-25(28)19-24)27(31)13-6-3-7-14-27/h2,4-5,8-12,19,22,26,31H,3,6-7,13-18,20-21H2,1H3. The van der Waals surface area contributed by atoms with E-state index in [4.69, 9.17) is 11.6 Å². The molecular weight excluding hydrogens is 404 g/mol. The topological polar surface area (TPSA) is 26.7 Å². The highest BCUT2D eigenvalue weighted by Crippen LogP contribution is 2.41. The zero-order valence-electron chi connectivity index (χ0n) is 18.8. The molecule has 1 saturated heterocycles. The van der Waals surface area contributed by atoms with E-state index in [2.05, 4.69) is 59.2 Å². The average Bonchev–Trinajstić information content (AvgIpc) is 2.79. The molecule has 1 N–H and O–H groups in total. The van der Waals surface area contributed by atoms with Gasteiger partial charge in [0.05, 0.1) is 5.60 Å². The molecule has 1 saturated carbocycles. The second-order valence-corrected chi connectivity index (χ2v) is 10.1. The summed E-state index contributed by atoms with van der Waals surface area (Å²) in [6.07, 6.45) is 5.29. The third kappa shape index (κ3) is 5.90. The second kappa shape index (κ2) is 10.5. The molecule has 0 spiro atoms. The molecule has 0 aromatic heterocycles. The van der Waals surface area contributed by atoms with Crippen molar-refractivity contribution in [1.82, 2.24) is 9.80 Å². The number of halogens is 1. The Balaban J connectivity index is 1.38. The van der Waals surface area contributed by atoms with Crippen LogP contribution in [0.25, 0.3) is 0 Å². The van der Waals surface area contributed by atoms with Gasteiger partial charge in [0.1, 0.15) is 0 Å². The lowest BCUT2D eigenvalue weighted by molar-refractivity contribution is -0.0343. The Morgan fingerprint density at radius 2 is 1.45 bits per heavy atom. The molecule has 2 aromatic carbocycles. The minimum atomic E-state index is -0.609. The van der Waals surface area contributed by atoms with E-state index in [0.29, 0.717) is 5.92 Å². The summed E-state index contributed by atoms with van der Waals surface area (Å²) in [4.78, 5) is 5.15. The van der Waals surface area contributed by atoms with E-state index in [1.165, 1.54) is 17.5 Å². The first kappa shape index (κ1) is 22.8. The van der Waals surface area contributed by atoms with Crippen molar-refractivity contribution in [2.75, 3.05) is 39.3 Å². The molecule has 1 heterocycles. The van der Waals surface area contributed by atoms with Gasteiger partial charge in [-0.15, -0.1) is 0 Å². The van der Waals surface area contributed by atoms with Gasteiger partial charge in [0.25, 0.3) is 0 Å². The summed E-state index contributed by atoms with van der Waals surface area (Å²) in [5.74, 6) is 0.677. The van der Waals surface area contributed by atoms with Crippen LogP contribution in [-0.4, -0.2) is 59.8 Å². The van der Waals surface area contributed by atoms with Crippen molar-refractivity contribution >= 4 is 11.6 Å². The van der Waals surface area contributed by atoms with E-state index in [-0.39, 0.29) is 5.92 Å². The number of rotatable bonds is 7. The number of piperazine rings is 1. The van der Waals surface area contributed by atoms with E-state index < -0.39 is 5.60 Å². The Kier molecular flexibility index (Phi) is 7.71. The van der Waals surface area contributed by atoms with Gasteiger partial charge in [-0.3, -0.25) is 0 Å². The lowest BCUT2D eigenvalue weighted by atomic mass is 9.72. The van der Waals surface area contributed by atoms with Crippen LogP contribution in [-0.2, 0) is 0 Å². The van der Waals surface area contributed by atoms with Gasteiger partial charge in [0.2, 0.25) is 0 Å². The molecule has 1 aliphatic heterocycles. The minimum Gasteiger partial charge on any atom is -0.389 e. The molecule has 2 atom stereocenters. The highest BCUT2D eigenvalue weighted by atomic mass is 35.5. The molecule has 3 nitrogen and oxygen atoms in total. The minimum absolute atomic E-state index is 0.126. The maximum absolute atomic E-state index is 11.6. The van der Waals surface area contributed by atoms with Crippen molar-refractivity contribution in [1.29, 1.82) is 0 Å². The quantitative estimate of drug-likeness (QED) is 0.612. The fourth-order valence-corrected chi connectivity index (χ4v) is 5.71. The van der Waals surface area contributed by atoms with Crippen LogP contribution in [0.2, 0.25) is 5.02 Å². The van der Waals surface area contributed by atoms with Crippen molar-refractivity contribution in [2.45, 2.75) is 56.5 Å². The first-order chi connectivity index (χ1) is 15.0. The van der Waals surface area contributed by atoms with E-state index >= 15 is 0 Å². The van der Waals surface area contributed by atoms with E-state index in [1.807, 2.05) is 12.1 Å². The predicted molar refractivity (Wildman–Crippen MR) is 130 cm³/mol. The first-order valence-electron chi connectivity index (χ1n) is 12.0. The number of hydrogen-bond donors (Lipinski definition) is 1. The molecule has 1 aliphatic carbocycles. The molecule has 2 fully saturated rings. The van der Waals surface area contributed by atoms with Crippen LogP contribution >= 0.6 is 11.6 Å². The second-order valence-electron chi connectivity index (χ2n) is 9.68. The molecular formula is C27H37ClN2O. The van der Waals surface area contributed by atoms with Crippen LogP contribution in [0.1, 0.15) is 62.0 Å². The maximum Gasteiger partial charge on any atom is 0.0728 e. The summed E-state index contributed by atoms with van der Waals surface area (Å²) in [5, 5.41) is 12.4. The zero-order valence-corrected chi connectivity index (χ0v) is 19.6. The molecule has 4 heteroatoms. The molecule has 2 aromatic rings. The smallest absolute Gasteiger partial charge is 0.0728 e. The van der Waals surface area contributed by atoms with Crippen LogP contribution in [0, 0.1) is 0 Å². The molecule has 4 rings (SSSR count). The Morgan fingerprint density at radius 1 is 0.839 bits per heavy atom. The Bertz CT molecular complexity index is 813. The fraction of sp³-hybridized carbons (Fsp3) is 0.556. The number of benzene rings is 2. The van der Waals surface area contributed by atoms with Gasteiger partial charge < -0.3 is 14.9 Å². The molecule has 0 amide bonds. The van der Waals surface area contributed by atoms with Crippen molar-refractivity contribution in [2.24, 2.45) is 0 Å². The summed E-state index contributed by atoms with van der Waals surface area (Å²) in [5.41, 5.74) is 2.00. The molecule has 0 bridgehead atoms. The Hall–Kier alpha value is -1.39. The van der Waals surface area contributed by atoms with Crippen LogP contribution in [0.15, 0.2) is 54.6 Å². The predicted octanol–water partition coefficient (Wildman–Crippen LogP) is 5.54. The molecule has 0 radical (unpaired) electrons. The molecule has 2 unspecified atom stereocenters. The summed E-state index contributed by atoms with van der Waals surface area (Å²) in [6, 6.07) is 19.0. The summed E-state index contributed by atoms with van der Waals surface area (Å²) < 4.78 is 0. The number of hydrogen-bond acceptors (Lipinski definition) is 3. The van der Waals surface area contributed by atoms with Gasteiger partial charge in [-0.2, -0.15) is 0 Å². The highest BCUT2D eigenvalue weighted by molar-refractivity contribution is 6.30. The van der Waals surface area contributed by atoms with Gasteiger partial charge in [-0.25, -0.2) is 0 Å². The van der Waals surface area contributed by atoms with Gasteiger partial charge in [-0.1, -0.05) is 80.3 Å². The number of nitrogens with zero attached hydrogens (tertiary/aromatic N) is 2. The summed E-state index contributed by atoms with van der Waals surface area (Å²) in [7, 11) is 0. The van der Waals surface area contributed by atoms with Crippen LogP contribution in [0.3, 0.4) is 0 Å². The monoisotopic (exact) mass is 440 g/mol. The molecule has 31 heavy (non-hydrogen) atoms. The lowest BCUT2D eigenvalue weighted by Gasteiger charge is -2.44. The van der Waals surface area contributed by atoms with Crippen LogP contribution in [0.4, 0.5) is 0 Å². The number of aliphatic hydroxyl groups is 1. The van der Waals surface area contributed by atoms with Crippen molar-refractivity contribution in [3.63, 3.8) is 0 Å². The van der Waals surface area contributed by atoms with Crippen molar-refractivity contribution in [3.8, 4) is 0 Å². The van der Waals surface area contributed by atoms with Crippen molar-refractivity contribution in [3.05, 3.63) is 70.7 Å². The van der Waals surface area contributed by atoms with Gasteiger partial charge in [0.15, 0.2) is 0 Å². The highest BCUT2D eigenvalue weighted by Gasteiger charge is 2.40. The fourth-order valence-electron chi connectivity index (χ4n) is 5.51. The van der Waals surface area contributed by atoms with E-state index in [9.17, 15) is 5.11 Å². The summed E-state index contributed by atoms with van der Waals surface area (Å²) in [6.45, 7) is 8.67. The van der Waals surface area contributed by atoms with Crippen LogP contribution < -0.4 is 0 Å². The van der Waals surface area contributed by atoms with Gasteiger partial charge >= 0.3 is 0 Å². The van der Waals surface area contributed by atoms with E-state index in [0.717, 1.165) is 70.0 Å². The van der Waals surface area contributed by atoms with Gasteiger partial charge in [-0.05, 0) is 42.0 Å². The maximum atomic E-state index is 11.6. The molecule has 2 aliphatic rings. The SMILES string of the molecule is CC(CN1CCN(CC(c2cccc(Cl)c2)C2(O)CCCCC2)CC1)c1ccccc1. The Morgan fingerprint density at radius 3 is 2.10 bits per heavy atom. The third-order valence-corrected chi connectivity index (χ3v) is 7.66. The van der Waals surface area contributed by atoms with Crippen LogP contribution in [0.5, 0.6) is 0 Å². The van der Waals surface area contributed by atoms with E-state index in [1.54, 1.807) is 0 Å². The third-order valence-electron chi connectivity index (χ3n) is 7.43. The Labute approximate surface area is 193 Å². The van der Waals surface area contributed by atoms with Gasteiger partial charge in [0, 0.05) is 50.2 Å². The normalized spacial score (nSPS) is 22.2. The largest absolute Gasteiger partial charge is 0.389 e. The van der Waals surface area contributed by atoms with Crippen molar-refractivity contribution < 1.29 is 5.11 Å². The lowest BCUT2D eigenvalue weighted by Crippen LogP contribution is -2.51. The average molecular weight is 441 g/mol. The molecule has 168 valence electrons.